The Morgan fingerprint density at radius 3 is 2.35 bits per heavy atom. The van der Waals surface area contributed by atoms with Gasteiger partial charge in [-0.1, -0.05) is 36.2 Å². The molecule has 0 bridgehead atoms. The molecule has 1 aromatic carbocycles. The lowest BCUT2D eigenvalue weighted by atomic mass is 9.98. The summed E-state index contributed by atoms with van der Waals surface area (Å²) >= 11 is 13.9. The van der Waals surface area contributed by atoms with Crippen molar-refractivity contribution < 1.29 is 0 Å². The second-order valence-electron chi connectivity index (χ2n) is 3.86. The number of aryl methyl sites for hydroxylation is 1. The molecule has 2 aromatic rings. The minimum Gasteiger partial charge on any atom is -0.375 e. The fourth-order valence-electron chi connectivity index (χ4n) is 1.89. The molecule has 0 radical (unpaired) electrons. The largest absolute Gasteiger partial charge is 0.375 e. The highest BCUT2D eigenvalue weighted by Gasteiger charge is 2.19. The van der Waals surface area contributed by atoms with E-state index in [9.17, 15) is 0 Å². The number of nitrogen functional groups attached to an aromatic ring is 1. The van der Waals surface area contributed by atoms with Crippen LogP contribution in [0, 0.1) is 6.92 Å². The number of hydrogen-bond donors (Lipinski definition) is 1. The fourth-order valence-corrected chi connectivity index (χ4v) is 3.51. The molecular formula is C12H12Cl2N2S. The van der Waals surface area contributed by atoms with Crippen LogP contribution in [0.2, 0.25) is 10.0 Å². The van der Waals surface area contributed by atoms with E-state index in [1.807, 2.05) is 25.1 Å². The summed E-state index contributed by atoms with van der Waals surface area (Å²) in [5, 5.41) is 1.93. The zero-order chi connectivity index (χ0) is 12.6. The van der Waals surface area contributed by atoms with Crippen LogP contribution in [0.1, 0.15) is 29.0 Å². The predicted octanol–water partition coefficient (Wildman–Crippen LogP) is 4.49. The molecule has 0 amide bonds. The van der Waals surface area contributed by atoms with Crippen molar-refractivity contribution in [3.05, 3.63) is 44.4 Å². The maximum Gasteiger partial charge on any atom is 0.180 e. The lowest BCUT2D eigenvalue weighted by Crippen LogP contribution is -1.97. The van der Waals surface area contributed by atoms with Crippen molar-refractivity contribution in [1.82, 2.24) is 4.98 Å². The van der Waals surface area contributed by atoms with Crippen LogP contribution in [-0.4, -0.2) is 4.98 Å². The molecule has 0 aliphatic heterocycles. The SMILES string of the molecule is Cc1nc(N)sc1C(C)c1c(Cl)cccc1Cl. The van der Waals surface area contributed by atoms with Gasteiger partial charge in [-0.15, -0.1) is 11.3 Å². The maximum absolute atomic E-state index is 6.20. The normalized spacial score (nSPS) is 12.7. The molecule has 2 rings (SSSR count). The Hall–Kier alpha value is -0.770. The van der Waals surface area contributed by atoms with E-state index in [2.05, 4.69) is 11.9 Å². The van der Waals surface area contributed by atoms with Gasteiger partial charge < -0.3 is 5.73 Å². The highest BCUT2D eigenvalue weighted by molar-refractivity contribution is 7.15. The average molecular weight is 287 g/mol. The Kier molecular flexibility index (Phi) is 3.61. The van der Waals surface area contributed by atoms with Crippen LogP contribution in [0.4, 0.5) is 5.13 Å². The average Bonchev–Trinajstić information content (AvgIpc) is 2.57. The van der Waals surface area contributed by atoms with Gasteiger partial charge in [0.1, 0.15) is 0 Å². The van der Waals surface area contributed by atoms with Crippen LogP contribution in [-0.2, 0) is 0 Å². The smallest absolute Gasteiger partial charge is 0.180 e. The third kappa shape index (κ3) is 2.41. The van der Waals surface area contributed by atoms with E-state index in [1.54, 1.807) is 0 Å². The van der Waals surface area contributed by atoms with Crippen LogP contribution in [0.15, 0.2) is 18.2 Å². The number of aromatic nitrogens is 1. The number of hydrogen-bond acceptors (Lipinski definition) is 3. The van der Waals surface area contributed by atoms with Gasteiger partial charge in [0.15, 0.2) is 5.13 Å². The van der Waals surface area contributed by atoms with Crippen LogP contribution < -0.4 is 5.73 Å². The van der Waals surface area contributed by atoms with Crippen LogP contribution in [0.5, 0.6) is 0 Å². The molecule has 5 heteroatoms. The summed E-state index contributed by atoms with van der Waals surface area (Å²) < 4.78 is 0. The summed E-state index contributed by atoms with van der Waals surface area (Å²) in [6.45, 7) is 4.01. The molecule has 2 nitrogen and oxygen atoms in total. The molecule has 1 heterocycles. The number of rotatable bonds is 2. The summed E-state index contributed by atoms with van der Waals surface area (Å²) in [5.74, 6) is 0.103. The Morgan fingerprint density at radius 1 is 1.29 bits per heavy atom. The van der Waals surface area contributed by atoms with Gasteiger partial charge in [0.2, 0.25) is 0 Å². The van der Waals surface area contributed by atoms with Gasteiger partial charge in [-0.05, 0) is 24.6 Å². The molecule has 17 heavy (non-hydrogen) atoms. The lowest BCUT2D eigenvalue weighted by Gasteiger charge is -2.14. The van der Waals surface area contributed by atoms with Gasteiger partial charge in [0.25, 0.3) is 0 Å². The Bertz CT molecular complexity index is 531. The first kappa shape index (κ1) is 12.7. The van der Waals surface area contributed by atoms with Crippen LogP contribution >= 0.6 is 34.5 Å². The Labute approximate surface area is 114 Å². The molecule has 0 saturated heterocycles. The molecule has 90 valence electrons. The first-order chi connectivity index (χ1) is 8.00. The number of nitrogens with zero attached hydrogens (tertiary/aromatic N) is 1. The number of anilines is 1. The summed E-state index contributed by atoms with van der Waals surface area (Å²) in [4.78, 5) is 5.34. The molecule has 0 spiro atoms. The van der Waals surface area contributed by atoms with E-state index in [0.717, 1.165) is 16.1 Å². The van der Waals surface area contributed by atoms with Crippen molar-refractivity contribution in [2.45, 2.75) is 19.8 Å². The molecule has 1 unspecified atom stereocenters. The van der Waals surface area contributed by atoms with E-state index in [0.29, 0.717) is 15.2 Å². The second-order valence-corrected chi connectivity index (χ2v) is 5.74. The van der Waals surface area contributed by atoms with Gasteiger partial charge in [-0.3, -0.25) is 0 Å². The van der Waals surface area contributed by atoms with Crippen molar-refractivity contribution in [2.24, 2.45) is 0 Å². The molecule has 0 aliphatic rings. The topological polar surface area (TPSA) is 38.9 Å². The maximum atomic E-state index is 6.20. The van der Waals surface area contributed by atoms with Crippen LogP contribution in [0.3, 0.4) is 0 Å². The van der Waals surface area contributed by atoms with Crippen molar-refractivity contribution >= 4 is 39.7 Å². The van der Waals surface area contributed by atoms with Crippen molar-refractivity contribution in [1.29, 1.82) is 0 Å². The lowest BCUT2D eigenvalue weighted by molar-refractivity contribution is 0.927. The van der Waals surface area contributed by atoms with Crippen LogP contribution in [0.25, 0.3) is 0 Å². The van der Waals surface area contributed by atoms with Crippen molar-refractivity contribution in [3.63, 3.8) is 0 Å². The number of benzene rings is 1. The first-order valence-electron chi connectivity index (χ1n) is 5.17. The quantitative estimate of drug-likeness (QED) is 0.883. The van der Waals surface area contributed by atoms with Gasteiger partial charge in [0, 0.05) is 20.8 Å². The minimum atomic E-state index is 0.103. The van der Waals surface area contributed by atoms with Crippen molar-refractivity contribution in [3.8, 4) is 0 Å². The van der Waals surface area contributed by atoms with Crippen molar-refractivity contribution in [2.75, 3.05) is 5.73 Å². The Morgan fingerprint density at radius 2 is 1.88 bits per heavy atom. The van der Waals surface area contributed by atoms with Gasteiger partial charge in [0.05, 0.1) is 5.69 Å². The fraction of sp³-hybridized carbons (Fsp3) is 0.250. The predicted molar refractivity (Wildman–Crippen MR) is 75.2 cm³/mol. The third-order valence-corrected chi connectivity index (χ3v) is 4.50. The molecule has 1 atom stereocenters. The van der Waals surface area contributed by atoms with Gasteiger partial charge >= 0.3 is 0 Å². The second kappa shape index (κ2) is 4.84. The van der Waals surface area contributed by atoms with E-state index in [-0.39, 0.29) is 5.92 Å². The minimum absolute atomic E-state index is 0.103. The summed E-state index contributed by atoms with van der Waals surface area (Å²) in [5.41, 5.74) is 7.59. The molecule has 0 saturated carbocycles. The number of nitrogens with two attached hydrogens (primary N) is 1. The third-order valence-electron chi connectivity index (χ3n) is 2.68. The van der Waals surface area contributed by atoms with E-state index >= 15 is 0 Å². The van der Waals surface area contributed by atoms with Gasteiger partial charge in [-0.25, -0.2) is 4.98 Å². The van der Waals surface area contributed by atoms with Gasteiger partial charge in [-0.2, -0.15) is 0 Å². The molecule has 1 aromatic heterocycles. The number of halogens is 2. The monoisotopic (exact) mass is 286 g/mol. The summed E-state index contributed by atoms with van der Waals surface area (Å²) in [6.07, 6.45) is 0. The molecule has 0 fully saturated rings. The molecular weight excluding hydrogens is 275 g/mol. The molecule has 0 aliphatic carbocycles. The summed E-state index contributed by atoms with van der Waals surface area (Å²) in [6, 6.07) is 5.53. The zero-order valence-electron chi connectivity index (χ0n) is 9.50. The first-order valence-corrected chi connectivity index (χ1v) is 6.74. The standard InChI is InChI=1S/C12H12Cl2N2S/c1-6(11-7(2)16-12(15)17-11)10-8(13)4-3-5-9(10)14/h3-6H,1-2H3,(H2,15,16). The van der Waals surface area contributed by atoms with E-state index in [4.69, 9.17) is 28.9 Å². The highest BCUT2D eigenvalue weighted by atomic mass is 35.5. The van der Waals surface area contributed by atoms with E-state index < -0.39 is 0 Å². The molecule has 2 N–H and O–H groups in total. The zero-order valence-corrected chi connectivity index (χ0v) is 11.8. The highest BCUT2D eigenvalue weighted by Crippen LogP contribution is 2.39. The number of thiazole rings is 1. The Balaban J connectivity index is 2.51. The van der Waals surface area contributed by atoms with E-state index in [1.165, 1.54) is 11.3 Å². The summed E-state index contributed by atoms with van der Waals surface area (Å²) in [7, 11) is 0.